The van der Waals surface area contributed by atoms with Crippen molar-refractivity contribution in [2.75, 3.05) is 6.01 Å². The molecule has 2 heteroatoms. The minimum absolute atomic E-state index is 0.327. The van der Waals surface area contributed by atoms with Crippen LogP contribution in [0, 0.1) is 13.8 Å². The standard InChI is InChI=1S/C15H16FS/c1-12-8-9-15(10-13(12)2)17(11-16)14-6-4-3-5-7-14/h3-10H,11H2,1-2H3/q+1. The maximum Gasteiger partial charge on any atom is 0.256 e. The summed E-state index contributed by atoms with van der Waals surface area (Å²) < 4.78 is 13.3. The highest BCUT2D eigenvalue weighted by Gasteiger charge is 2.24. The summed E-state index contributed by atoms with van der Waals surface area (Å²) in [6.45, 7) is 4.15. The molecule has 0 aromatic heterocycles. The Kier molecular flexibility index (Phi) is 3.85. The summed E-state index contributed by atoms with van der Waals surface area (Å²) in [5.74, 6) is 0. The van der Waals surface area contributed by atoms with Crippen LogP contribution in [0.5, 0.6) is 0 Å². The second kappa shape index (κ2) is 5.37. The lowest BCUT2D eigenvalue weighted by molar-refractivity contribution is 0.600. The van der Waals surface area contributed by atoms with Crippen LogP contribution in [0.2, 0.25) is 0 Å². The molecule has 88 valence electrons. The van der Waals surface area contributed by atoms with Crippen molar-refractivity contribution in [3.63, 3.8) is 0 Å². The third kappa shape index (κ3) is 2.70. The van der Waals surface area contributed by atoms with Gasteiger partial charge < -0.3 is 0 Å². The Balaban J connectivity index is 2.39. The third-order valence-electron chi connectivity index (χ3n) is 2.90. The maximum absolute atomic E-state index is 13.3. The molecule has 0 N–H and O–H groups in total. The molecule has 0 nitrogen and oxygen atoms in total. The molecule has 2 aromatic carbocycles. The summed E-state index contributed by atoms with van der Waals surface area (Å²) >= 11 is 0. The van der Waals surface area contributed by atoms with Crippen molar-refractivity contribution in [1.82, 2.24) is 0 Å². The minimum atomic E-state index is -0.443. The number of benzene rings is 2. The first kappa shape index (κ1) is 12.2. The predicted molar refractivity (Wildman–Crippen MR) is 72.2 cm³/mol. The van der Waals surface area contributed by atoms with Crippen molar-refractivity contribution in [3.8, 4) is 0 Å². The van der Waals surface area contributed by atoms with Gasteiger partial charge in [-0.2, -0.15) is 4.39 Å². The predicted octanol–water partition coefficient (Wildman–Crippen LogP) is 4.27. The van der Waals surface area contributed by atoms with E-state index in [-0.39, 0.29) is 6.01 Å². The molecule has 0 radical (unpaired) electrons. The van der Waals surface area contributed by atoms with Crippen LogP contribution < -0.4 is 0 Å². The summed E-state index contributed by atoms with van der Waals surface area (Å²) in [4.78, 5) is 2.15. The Morgan fingerprint density at radius 2 is 1.59 bits per heavy atom. The van der Waals surface area contributed by atoms with Crippen LogP contribution in [0.1, 0.15) is 11.1 Å². The molecular formula is C15H16FS+. The SMILES string of the molecule is Cc1ccc([S+](CF)c2ccccc2)cc1C. The van der Waals surface area contributed by atoms with E-state index in [9.17, 15) is 4.39 Å². The zero-order valence-corrected chi connectivity index (χ0v) is 10.9. The first-order valence-electron chi connectivity index (χ1n) is 5.61. The topological polar surface area (TPSA) is 0 Å². The average molecular weight is 247 g/mol. The molecule has 0 bridgehead atoms. The van der Waals surface area contributed by atoms with E-state index in [1.54, 1.807) is 0 Å². The Morgan fingerprint density at radius 1 is 0.882 bits per heavy atom. The van der Waals surface area contributed by atoms with E-state index < -0.39 is 10.9 Å². The van der Waals surface area contributed by atoms with Gasteiger partial charge in [-0.1, -0.05) is 24.3 Å². The molecule has 0 fully saturated rings. The molecule has 0 saturated heterocycles. The fourth-order valence-electron chi connectivity index (χ4n) is 1.71. The number of halogens is 1. The van der Waals surface area contributed by atoms with Gasteiger partial charge in [0, 0.05) is 0 Å². The molecule has 2 rings (SSSR count). The van der Waals surface area contributed by atoms with Crippen LogP contribution in [-0.2, 0) is 10.9 Å². The van der Waals surface area contributed by atoms with E-state index in [0.717, 1.165) is 9.79 Å². The van der Waals surface area contributed by atoms with Crippen LogP contribution in [0.3, 0.4) is 0 Å². The lowest BCUT2D eigenvalue weighted by Gasteiger charge is -2.06. The van der Waals surface area contributed by atoms with Crippen molar-refractivity contribution < 1.29 is 4.39 Å². The molecule has 0 saturated carbocycles. The quantitative estimate of drug-likeness (QED) is 0.711. The van der Waals surface area contributed by atoms with Gasteiger partial charge in [0.25, 0.3) is 6.01 Å². The number of aryl methyl sites for hydroxylation is 2. The molecule has 2 aromatic rings. The lowest BCUT2D eigenvalue weighted by atomic mass is 10.1. The average Bonchev–Trinajstić information content (AvgIpc) is 2.36. The Bertz CT molecular complexity index is 494. The van der Waals surface area contributed by atoms with E-state index in [1.807, 2.05) is 36.4 Å². The smallest absolute Gasteiger partial charge is 0.192 e. The first-order chi connectivity index (χ1) is 8.22. The van der Waals surface area contributed by atoms with Gasteiger partial charge in [-0.25, -0.2) is 0 Å². The first-order valence-corrected chi connectivity index (χ1v) is 7.01. The number of alkyl halides is 1. The molecule has 0 spiro atoms. The van der Waals surface area contributed by atoms with Crippen molar-refractivity contribution >= 4 is 10.9 Å². The highest BCUT2D eigenvalue weighted by Crippen LogP contribution is 2.25. The molecule has 1 atom stereocenters. The fourth-order valence-corrected chi connectivity index (χ4v) is 3.28. The normalized spacial score (nSPS) is 12.4. The summed E-state index contributed by atoms with van der Waals surface area (Å²) in [6.07, 6.45) is 0. The van der Waals surface area contributed by atoms with E-state index >= 15 is 0 Å². The van der Waals surface area contributed by atoms with E-state index in [4.69, 9.17) is 0 Å². The zero-order valence-electron chi connectivity index (χ0n) is 10.1. The van der Waals surface area contributed by atoms with Gasteiger partial charge in [0.1, 0.15) is 0 Å². The molecular weight excluding hydrogens is 231 g/mol. The monoisotopic (exact) mass is 247 g/mol. The van der Waals surface area contributed by atoms with E-state index in [1.165, 1.54) is 11.1 Å². The molecule has 0 amide bonds. The molecule has 17 heavy (non-hydrogen) atoms. The Morgan fingerprint density at radius 3 is 2.18 bits per heavy atom. The Labute approximate surface area is 105 Å². The molecule has 0 heterocycles. The van der Waals surface area contributed by atoms with Crippen LogP contribution in [0.4, 0.5) is 4.39 Å². The molecule has 1 unspecified atom stereocenters. The second-order valence-corrected chi connectivity index (χ2v) is 6.00. The van der Waals surface area contributed by atoms with E-state index in [0.29, 0.717) is 0 Å². The fraction of sp³-hybridized carbons (Fsp3) is 0.200. The van der Waals surface area contributed by atoms with Gasteiger partial charge in [-0.3, -0.25) is 0 Å². The van der Waals surface area contributed by atoms with E-state index in [2.05, 4.69) is 26.0 Å². The van der Waals surface area contributed by atoms with Gasteiger partial charge in [0.15, 0.2) is 9.79 Å². The van der Waals surface area contributed by atoms with Gasteiger partial charge in [-0.15, -0.1) is 0 Å². The van der Waals surface area contributed by atoms with Crippen LogP contribution >= 0.6 is 0 Å². The van der Waals surface area contributed by atoms with Crippen molar-refractivity contribution in [2.45, 2.75) is 23.6 Å². The molecule has 0 aliphatic heterocycles. The van der Waals surface area contributed by atoms with Crippen molar-refractivity contribution in [2.24, 2.45) is 0 Å². The minimum Gasteiger partial charge on any atom is -0.192 e. The maximum atomic E-state index is 13.3. The highest BCUT2D eigenvalue weighted by molar-refractivity contribution is 7.96. The number of hydrogen-bond acceptors (Lipinski definition) is 0. The number of hydrogen-bond donors (Lipinski definition) is 0. The molecule has 0 aliphatic rings. The summed E-state index contributed by atoms with van der Waals surface area (Å²) in [5.41, 5.74) is 2.48. The molecule has 0 aliphatic carbocycles. The largest absolute Gasteiger partial charge is 0.256 e. The van der Waals surface area contributed by atoms with Crippen LogP contribution in [-0.4, -0.2) is 6.01 Å². The van der Waals surface area contributed by atoms with Gasteiger partial charge >= 0.3 is 0 Å². The highest BCUT2D eigenvalue weighted by atomic mass is 32.2. The van der Waals surface area contributed by atoms with Crippen LogP contribution in [0.25, 0.3) is 0 Å². The third-order valence-corrected chi connectivity index (χ3v) is 4.78. The van der Waals surface area contributed by atoms with Crippen molar-refractivity contribution in [1.29, 1.82) is 0 Å². The lowest BCUT2D eigenvalue weighted by Crippen LogP contribution is -2.05. The second-order valence-electron chi connectivity index (χ2n) is 4.06. The van der Waals surface area contributed by atoms with Gasteiger partial charge in [0.2, 0.25) is 0 Å². The Hall–Kier alpha value is -1.28. The van der Waals surface area contributed by atoms with Crippen molar-refractivity contribution in [3.05, 3.63) is 59.7 Å². The van der Waals surface area contributed by atoms with Gasteiger partial charge in [-0.05, 0) is 49.2 Å². The number of rotatable bonds is 3. The van der Waals surface area contributed by atoms with Crippen LogP contribution in [0.15, 0.2) is 58.3 Å². The summed E-state index contributed by atoms with van der Waals surface area (Å²) in [7, 11) is -0.443. The summed E-state index contributed by atoms with van der Waals surface area (Å²) in [5, 5.41) is 0. The van der Waals surface area contributed by atoms with Gasteiger partial charge in [0.05, 0.1) is 10.9 Å². The zero-order chi connectivity index (χ0) is 12.3. The summed E-state index contributed by atoms with van der Waals surface area (Å²) in [6, 6.07) is 15.8.